The van der Waals surface area contributed by atoms with Gasteiger partial charge in [-0.3, -0.25) is 5.41 Å². The second kappa shape index (κ2) is 5.51. The van der Waals surface area contributed by atoms with E-state index in [4.69, 9.17) is 22.7 Å². The number of pyridine rings is 1. The maximum Gasteiger partial charge on any atom is 0.152 e. The van der Waals surface area contributed by atoms with Gasteiger partial charge in [-0.05, 0) is 43.2 Å². The van der Waals surface area contributed by atoms with Crippen LogP contribution in [0.5, 0.6) is 0 Å². The number of amidine groups is 1. The number of nitrogens with zero attached hydrogens (tertiary/aromatic N) is 2. The number of hydrogen-bond donors (Lipinski definition) is 2. The van der Waals surface area contributed by atoms with Crippen LogP contribution in [0.4, 0.5) is 11.5 Å². The highest BCUT2D eigenvalue weighted by atomic mass is 35.5. The van der Waals surface area contributed by atoms with Gasteiger partial charge < -0.3 is 10.6 Å². The number of aryl methyl sites for hydroxylation is 2. The molecule has 0 radical (unpaired) electrons. The summed E-state index contributed by atoms with van der Waals surface area (Å²) < 4.78 is 0. The summed E-state index contributed by atoms with van der Waals surface area (Å²) in [6.07, 6.45) is 1.61. The Kier molecular flexibility index (Phi) is 3.95. The first-order chi connectivity index (χ1) is 9.40. The zero-order valence-corrected chi connectivity index (χ0v) is 12.5. The van der Waals surface area contributed by atoms with Gasteiger partial charge in [-0.1, -0.05) is 17.7 Å². The minimum Gasteiger partial charge on any atom is -0.384 e. The van der Waals surface area contributed by atoms with E-state index in [1.165, 1.54) is 11.1 Å². The summed E-state index contributed by atoms with van der Waals surface area (Å²) >= 11 is 6.30. The summed E-state index contributed by atoms with van der Waals surface area (Å²) in [7, 11) is 1.90. The Morgan fingerprint density at radius 1 is 1.25 bits per heavy atom. The maximum absolute atomic E-state index is 7.53. The minimum absolute atomic E-state index is 0.0625. The van der Waals surface area contributed by atoms with Crippen molar-refractivity contribution in [3.63, 3.8) is 0 Å². The van der Waals surface area contributed by atoms with E-state index in [2.05, 4.69) is 23.2 Å². The summed E-state index contributed by atoms with van der Waals surface area (Å²) in [5, 5.41) is 7.92. The van der Waals surface area contributed by atoms with Gasteiger partial charge in [-0.2, -0.15) is 0 Å². The predicted octanol–water partition coefficient (Wildman–Crippen LogP) is 3.40. The van der Waals surface area contributed by atoms with Crippen LogP contribution >= 0.6 is 11.6 Å². The number of benzene rings is 1. The molecule has 1 aromatic heterocycles. The van der Waals surface area contributed by atoms with Gasteiger partial charge in [0.2, 0.25) is 0 Å². The molecule has 4 nitrogen and oxygen atoms in total. The van der Waals surface area contributed by atoms with Crippen LogP contribution in [0.2, 0.25) is 5.02 Å². The largest absolute Gasteiger partial charge is 0.384 e. The standard InChI is InChI=1S/C15H17ClN4/c1-9-6-10(2)8-11(7-9)20(3)15-13(16)12(14(17)18)4-5-19-15/h4-8H,1-3H3,(H3,17,18). The summed E-state index contributed by atoms with van der Waals surface area (Å²) in [6, 6.07) is 7.87. The monoisotopic (exact) mass is 288 g/mol. The molecular formula is C15H17ClN4. The Labute approximate surface area is 123 Å². The van der Waals surface area contributed by atoms with Crippen LogP contribution in [0.3, 0.4) is 0 Å². The van der Waals surface area contributed by atoms with E-state index in [9.17, 15) is 0 Å². The smallest absolute Gasteiger partial charge is 0.152 e. The van der Waals surface area contributed by atoms with Crippen LogP contribution in [0.25, 0.3) is 0 Å². The molecule has 0 spiro atoms. The number of aromatic nitrogens is 1. The van der Waals surface area contributed by atoms with Crippen LogP contribution in [0.1, 0.15) is 16.7 Å². The van der Waals surface area contributed by atoms with Crippen LogP contribution in [-0.4, -0.2) is 17.9 Å². The highest BCUT2D eigenvalue weighted by Gasteiger charge is 2.15. The van der Waals surface area contributed by atoms with Gasteiger partial charge in [0.1, 0.15) is 5.84 Å². The third-order valence-corrected chi connectivity index (χ3v) is 3.45. The number of nitrogens with two attached hydrogens (primary N) is 1. The molecule has 0 saturated heterocycles. The fourth-order valence-electron chi connectivity index (χ4n) is 2.14. The average molecular weight is 289 g/mol. The van der Waals surface area contributed by atoms with Crippen molar-refractivity contribution in [2.45, 2.75) is 13.8 Å². The van der Waals surface area contributed by atoms with Crippen molar-refractivity contribution in [3.8, 4) is 0 Å². The number of nitrogen functional groups attached to an aromatic ring is 1. The van der Waals surface area contributed by atoms with Crippen molar-refractivity contribution in [3.05, 3.63) is 52.2 Å². The second-order valence-electron chi connectivity index (χ2n) is 4.81. The van der Waals surface area contributed by atoms with E-state index in [-0.39, 0.29) is 5.84 Å². The fourth-order valence-corrected chi connectivity index (χ4v) is 2.48. The van der Waals surface area contributed by atoms with Gasteiger partial charge in [0.25, 0.3) is 0 Å². The number of anilines is 2. The summed E-state index contributed by atoms with van der Waals surface area (Å²) in [6.45, 7) is 4.09. The quantitative estimate of drug-likeness (QED) is 0.672. The molecule has 1 aromatic carbocycles. The normalized spacial score (nSPS) is 10.4. The lowest BCUT2D eigenvalue weighted by atomic mass is 10.1. The molecule has 0 aliphatic heterocycles. The topological polar surface area (TPSA) is 66.0 Å². The molecule has 0 saturated carbocycles. The Balaban J connectivity index is 2.50. The summed E-state index contributed by atoms with van der Waals surface area (Å²) in [4.78, 5) is 6.20. The molecule has 0 unspecified atom stereocenters. The molecule has 0 aliphatic carbocycles. The molecular weight excluding hydrogens is 272 g/mol. The number of nitrogens with one attached hydrogen (secondary N) is 1. The van der Waals surface area contributed by atoms with Crippen molar-refractivity contribution in [1.29, 1.82) is 5.41 Å². The molecule has 104 valence electrons. The molecule has 20 heavy (non-hydrogen) atoms. The van der Waals surface area contributed by atoms with E-state index in [1.807, 2.05) is 25.8 Å². The molecule has 0 aliphatic rings. The number of halogens is 1. The zero-order valence-electron chi connectivity index (χ0n) is 11.7. The Morgan fingerprint density at radius 3 is 2.40 bits per heavy atom. The lowest BCUT2D eigenvalue weighted by Crippen LogP contribution is -2.16. The third-order valence-electron chi connectivity index (χ3n) is 3.07. The minimum atomic E-state index is -0.0625. The van der Waals surface area contributed by atoms with Crippen molar-refractivity contribution in [1.82, 2.24) is 4.98 Å². The first-order valence-corrected chi connectivity index (χ1v) is 6.59. The molecule has 2 rings (SSSR count). The van der Waals surface area contributed by atoms with Crippen molar-refractivity contribution in [2.75, 3.05) is 11.9 Å². The van der Waals surface area contributed by atoms with Crippen molar-refractivity contribution < 1.29 is 0 Å². The van der Waals surface area contributed by atoms with Gasteiger partial charge in [0.15, 0.2) is 5.82 Å². The molecule has 0 fully saturated rings. The van der Waals surface area contributed by atoms with Gasteiger partial charge in [-0.25, -0.2) is 4.98 Å². The fraction of sp³-hybridized carbons (Fsp3) is 0.200. The van der Waals surface area contributed by atoms with Crippen molar-refractivity contribution >= 4 is 28.9 Å². The van der Waals surface area contributed by atoms with Crippen LogP contribution in [-0.2, 0) is 0 Å². The average Bonchev–Trinajstić information content (AvgIpc) is 2.36. The molecule has 5 heteroatoms. The van der Waals surface area contributed by atoms with Gasteiger partial charge in [0, 0.05) is 24.5 Å². The zero-order chi connectivity index (χ0) is 14.9. The third kappa shape index (κ3) is 2.75. The molecule has 0 amide bonds. The van der Waals surface area contributed by atoms with E-state index < -0.39 is 0 Å². The van der Waals surface area contributed by atoms with Gasteiger partial charge in [-0.15, -0.1) is 0 Å². The van der Waals surface area contributed by atoms with Crippen LogP contribution < -0.4 is 10.6 Å². The summed E-state index contributed by atoms with van der Waals surface area (Å²) in [5.74, 6) is 0.525. The Morgan fingerprint density at radius 2 is 1.85 bits per heavy atom. The number of hydrogen-bond acceptors (Lipinski definition) is 3. The Hall–Kier alpha value is -2.07. The lowest BCUT2D eigenvalue weighted by molar-refractivity contribution is 1.12. The Bertz CT molecular complexity index is 647. The van der Waals surface area contributed by atoms with E-state index >= 15 is 0 Å². The predicted molar refractivity (Wildman–Crippen MR) is 84.2 cm³/mol. The van der Waals surface area contributed by atoms with Crippen LogP contribution in [0, 0.1) is 19.3 Å². The highest BCUT2D eigenvalue weighted by Crippen LogP contribution is 2.31. The molecule has 3 N–H and O–H groups in total. The SMILES string of the molecule is Cc1cc(C)cc(N(C)c2nccc(C(=N)N)c2Cl)c1. The van der Waals surface area contributed by atoms with Crippen LogP contribution in [0.15, 0.2) is 30.5 Å². The van der Waals surface area contributed by atoms with Gasteiger partial charge in [0.05, 0.1) is 5.02 Å². The molecule has 0 atom stereocenters. The molecule has 0 bridgehead atoms. The summed E-state index contributed by atoms with van der Waals surface area (Å²) in [5.41, 5.74) is 9.36. The highest BCUT2D eigenvalue weighted by molar-refractivity contribution is 6.36. The number of rotatable bonds is 3. The lowest BCUT2D eigenvalue weighted by Gasteiger charge is -2.21. The molecule has 2 aromatic rings. The first kappa shape index (κ1) is 14.3. The van der Waals surface area contributed by atoms with E-state index in [1.54, 1.807) is 12.3 Å². The second-order valence-corrected chi connectivity index (χ2v) is 5.19. The van der Waals surface area contributed by atoms with E-state index in [0.29, 0.717) is 16.4 Å². The van der Waals surface area contributed by atoms with E-state index in [0.717, 1.165) is 5.69 Å². The maximum atomic E-state index is 7.53. The first-order valence-electron chi connectivity index (χ1n) is 6.21. The van der Waals surface area contributed by atoms with Gasteiger partial charge >= 0.3 is 0 Å². The van der Waals surface area contributed by atoms with Crippen molar-refractivity contribution in [2.24, 2.45) is 5.73 Å². The molecule has 1 heterocycles.